The summed E-state index contributed by atoms with van der Waals surface area (Å²) in [6, 6.07) is 0. The third kappa shape index (κ3) is 3.68. The number of nitrogens with two attached hydrogens (primary N) is 1. The van der Waals surface area contributed by atoms with Gasteiger partial charge in [-0.05, 0) is 13.8 Å². The number of halogens is 2. The summed E-state index contributed by atoms with van der Waals surface area (Å²) in [7, 11) is 0. The summed E-state index contributed by atoms with van der Waals surface area (Å²) in [4.78, 5) is 15.1. The van der Waals surface area contributed by atoms with E-state index in [1.54, 1.807) is 23.6 Å². The molecule has 0 saturated carbocycles. The molecule has 1 saturated heterocycles. The van der Waals surface area contributed by atoms with Crippen LogP contribution in [-0.4, -0.2) is 60.4 Å². The van der Waals surface area contributed by atoms with Gasteiger partial charge in [0.05, 0.1) is 12.1 Å². The largest absolute Gasteiger partial charge is 0.339 e. The Morgan fingerprint density at radius 3 is 2.19 bits per heavy atom. The molecule has 6 heteroatoms. The van der Waals surface area contributed by atoms with Crippen molar-refractivity contribution in [3.05, 3.63) is 0 Å². The second-order valence-corrected chi connectivity index (χ2v) is 4.71. The number of nitrogens with zero attached hydrogens (tertiary/aromatic N) is 2. The van der Waals surface area contributed by atoms with E-state index < -0.39 is 12.0 Å². The fourth-order valence-electron chi connectivity index (χ4n) is 1.74. The van der Waals surface area contributed by atoms with Gasteiger partial charge in [0.2, 0.25) is 5.91 Å². The van der Waals surface area contributed by atoms with Crippen molar-refractivity contribution in [1.29, 1.82) is 0 Å². The minimum absolute atomic E-state index is 0.121. The zero-order valence-corrected chi connectivity index (χ0v) is 9.75. The van der Waals surface area contributed by atoms with Crippen LogP contribution in [-0.2, 0) is 4.79 Å². The monoisotopic (exact) mass is 235 g/mol. The van der Waals surface area contributed by atoms with Crippen LogP contribution in [0.5, 0.6) is 0 Å². The second-order valence-electron chi connectivity index (χ2n) is 4.71. The van der Waals surface area contributed by atoms with E-state index in [0.29, 0.717) is 26.2 Å². The van der Waals surface area contributed by atoms with Crippen molar-refractivity contribution >= 4 is 5.91 Å². The molecule has 16 heavy (non-hydrogen) atoms. The zero-order chi connectivity index (χ0) is 12.3. The van der Waals surface area contributed by atoms with E-state index in [2.05, 4.69) is 0 Å². The van der Waals surface area contributed by atoms with E-state index in [1.807, 2.05) is 0 Å². The lowest BCUT2D eigenvalue weighted by molar-refractivity contribution is -0.137. The first kappa shape index (κ1) is 13.3. The van der Waals surface area contributed by atoms with Gasteiger partial charge >= 0.3 is 0 Å². The van der Waals surface area contributed by atoms with Gasteiger partial charge in [-0.3, -0.25) is 9.69 Å². The molecule has 1 amide bonds. The lowest BCUT2D eigenvalue weighted by Gasteiger charge is -2.37. The van der Waals surface area contributed by atoms with Crippen LogP contribution < -0.4 is 5.73 Å². The normalized spacial score (nSPS) is 19.2. The van der Waals surface area contributed by atoms with Gasteiger partial charge in [-0.2, -0.15) is 0 Å². The van der Waals surface area contributed by atoms with E-state index in [1.165, 1.54) is 0 Å². The Morgan fingerprint density at radius 2 is 1.81 bits per heavy atom. The van der Waals surface area contributed by atoms with Gasteiger partial charge in [0, 0.05) is 26.2 Å². The molecule has 4 nitrogen and oxygen atoms in total. The summed E-state index contributed by atoms with van der Waals surface area (Å²) in [5.74, 6) is -0.121. The first-order chi connectivity index (χ1) is 7.30. The van der Waals surface area contributed by atoms with Gasteiger partial charge in [0.1, 0.15) is 0 Å². The molecule has 0 aromatic rings. The van der Waals surface area contributed by atoms with Crippen LogP contribution >= 0.6 is 0 Å². The Hall–Kier alpha value is -0.750. The van der Waals surface area contributed by atoms with Crippen LogP contribution in [0.4, 0.5) is 8.78 Å². The predicted molar refractivity (Wildman–Crippen MR) is 57.3 cm³/mol. The molecule has 0 aliphatic carbocycles. The number of piperazine rings is 1. The predicted octanol–water partition coefficient (Wildman–Crippen LogP) is 0.133. The Bertz CT molecular complexity index is 245. The van der Waals surface area contributed by atoms with Crippen molar-refractivity contribution in [2.75, 3.05) is 32.7 Å². The Balaban J connectivity index is 2.40. The highest BCUT2D eigenvalue weighted by Gasteiger charge is 2.30. The van der Waals surface area contributed by atoms with Crippen LogP contribution in [0.15, 0.2) is 0 Å². The maximum Gasteiger partial charge on any atom is 0.251 e. The Labute approximate surface area is 94.4 Å². The van der Waals surface area contributed by atoms with Crippen LogP contribution in [0.2, 0.25) is 0 Å². The van der Waals surface area contributed by atoms with Crippen LogP contribution in [0.25, 0.3) is 0 Å². The molecule has 1 rings (SSSR count). The average Bonchev–Trinajstić information content (AvgIpc) is 2.15. The topological polar surface area (TPSA) is 49.6 Å². The number of hydrogen-bond acceptors (Lipinski definition) is 3. The number of alkyl halides is 2. The van der Waals surface area contributed by atoms with E-state index in [9.17, 15) is 13.6 Å². The third-order valence-electron chi connectivity index (χ3n) is 2.61. The van der Waals surface area contributed by atoms with Gasteiger partial charge in [-0.15, -0.1) is 0 Å². The van der Waals surface area contributed by atoms with Crippen molar-refractivity contribution in [3.8, 4) is 0 Å². The molecule has 1 fully saturated rings. The van der Waals surface area contributed by atoms with Crippen molar-refractivity contribution in [2.24, 2.45) is 5.73 Å². The average molecular weight is 235 g/mol. The minimum atomic E-state index is -2.31. The molecule has 0 spiro atoms. The summed E-state index contributed by atoms with van der Waals surface area (Å²) < 4.78 is 24.2. The molecule has 0 aromatic heterocycles. The molecule has 0 unspecified atom stereocenters. The SMILES string of the molecule is CC(C)(N)C(=O)N1CCN(CC(F)F)CC1. The number of rotatable bonds is 3. The molecule has 1 aliphatic rings. The van der Waals surface area contributed by atoms with Gasteiger partial charge in [0.15, 0.2) is 0 Å². The van der Waals surface area contributed by atoms with Crippen molar-refractivity contribution in [1.82, 2.24) is 9.80 Å². The highest BCUT2D eigenvalue weighted by molar-refractivity contribution is 5.85. The van der Waals surface area contributed by atoms with Gasteiger partial charge in [-0.1, -0.05) is 0 Å². The molecular weight excluding hydrogens is 216 g/mol. The lowest BCUT2D eigenvalue weighted by Crippen LogP contribution is -2.57. The molecule has 2 N–H and O–H groups in total. The lowest BCUT2D eigenvalue weighted by atomic mass is 10.0. The van der Waals surface area contributed by atoms with Crippen molar-refractivity contribution in [3.63, 3.8) is 0 Å². The smallest absolute Gasteiger partial charge is 0.251 e. The maximum absolute atomic E-state index is 12.1. The quantitative estimate of drug-likeness (QED) is 0.756. The van der Waals surface area contributed by atoms with E-state index >= 15 is 0 Å². The summed E-state index contributed by atoms with van der Waals surface area (Å²) in [5.41, 5.74) is 4.82. The fraction of sp³-hybridized carbons (Fsp3) is 0.900. The third-order valence-corrected chi connectivity index (χ3v) is 2.61. The summed E-state index contributed by atoms with van der Waals surface area (Å²) in [6.07, 6.45) is -2.31. The molecule has 0 radical (unpaired) electrons. The number of amides is 1. The first-order valence-electron chi connectivity index (χ1n) is 5.39. The second kappa shape index (κ2) is 5.05. The van der Waals surface area contributed by atoms with E-state index in [4.69, 9.17) is 5.73 Å². The molecule has 1 heterocycles. The molecule has 0 aromatic carbocycles. The number of carbonyl (C=O) groups is 1. The van der Waals surface area contributed by atoms with Gasteiger partial charge in [0.25, 0.3) is 6.43 Å². The maximum atomic E-state index is 12.1. The highest BCUT2D eigenvalue weighted by atomic mass is 19.3. The molecule has 0 bridgehead atoms. The van der Waals surface area contributed by atoms with Crippen molar-refractivity contribution in [2.45, 2.75) is 25.8 Å². The first-order valence-corrected chi connectivity index (χ1v) is 5.39. The van der Waals surface area contributed by atoms with E-state index in [0.717, 1.165) is 0 Å². The highest BCUT2D eigenvalue weighted by Crippen LogP contribution is 2.09. The Kier molecular flexibility index (Phi) is 4.21. The van der Waals surface area contributed by atoms with Crippen LogP contribution in [0, 0.1) is 0 Å². The molecule has 0 atom stereocenters. The van der Waals surface area contributed by atoms with Gasteiger partial charge < -0.3 is 10.6 Å². The molecule has 1 aliphatic heterocycles. The summed E-state index contributed by atoms with van der Waals surface area (Å²) in [5, 5.41) is 0. The van der Waals surface area contributed by atoms with E-state index in [-0.39, 0.29) is 12.5 Å². The summed E-state index contributed by atoms with van der Waals surface area (Å²) in [6.45, 7) is 5.03. The zero-order valence-electron chi connectivity index (χ0n) is 9.75. The molecular formula is C10H19F2N3O. The standard InChI is InChI=1S/C10H19F2N3O/c1-10(2,13)9(16)15-5-3-14(4-6-15)7-8(11)12/h8H,3-7,13H2,1-2H3. The Morgan fingerprint density at radius 1 is 1.31 bits per heavy atom. The van der Waals surface area contributed by atoms with Crippen LogP contribution in [0.3, 0.4) is 0 Å². The van der Waals surface area contributed by atoms with Gasteiger partial charge in [-0.25, -0.2) is 8.78 Å². The number of hydrogen-bond donors (Lipinski definition) is 1. The minimum Gasteiger partial charge on any atom is -0.339 e. The summed E-state index contributed by atoms with van der Waals surface area (Å²) >= 11 is 0. The number of carbonyl (C=O) groups excluding carboxylic acids is 1. The van der Waals surface area contributed by atoms with Crippen molar-refractivity contribution < 1.29 is 13.6 Å². The van der Waals surface area contributed by atoms with Crippen LogP contribution in [0.1, 0.15) is 13.8 Å². The molecule has 94 valence electrons. The fourth-order valence-corrected chi connectivity index (χ4v) is 1.74.